The molecule has 0 fully saturated rings. The lowest BCUT2D eigenvalue weighted by Crippen LogP contribution is -2.08. The van der Waals surface area contributed by atoms with Crippen molar-refractivity contribution < 1.29 is 17.5 Å². The van der Waals surface area contributed by atoms with E-state index in [4.69, 9.17) is 33.9 Å². The van der Waals surface area contributed by atoms with Crippen LogP contribution in [0, 0.1) is 22.7 Å². The summed E-state index contributed by atoms with van der Waals surface area (Å²) >= 11 is 0. The Bertz CT molecular complexity index is 562. The summed E-state index contributed by atoms with van der Waals surface area (Å²) in [5.41, 5.74) is 3.72. The van der Waals surface area contributed by atoms with E-state index in [1.54, 1.807) is 12.1 Å². The maximum atomic E-state index is 8.74. The number of nitrogens with one attached hydrogen (secondary N) is 1. The zero-order chi connectivity index (χ0) is 13.5. The van der Waals surface area contributed by atoms with Crippen molar-refractivity contribution in [3.8, 4) is 12.1 Å². The molecule has 90 valence electrons. The van der Waals surface area contributed by atoms with Crippen LogP contribution in [0.4, 0.5) is 5.69 Å². The molecule has 0 aliphatic rings. The number of nitrogen functional groups attached to an aromatic ring is 1. The summed E-state index contributed by atoms with van der Waals surface area (Å²) in [5.74, 6) is 5.14. The molecule has 8 nitrogen and oxygen atoms in total. The van der Waals surface area contributed by atoms with Crippen LogP contribution >= 0.6 is 0 Å². The number of benzene rings is 1. The molecule has 0 radical (unpaired) electrons. The summed E-state index contributed by atoms with van der Waals surface area (Å²) in [6.07, 6.45) is 0. The fourth-order valence-electron chi connectivity index (χ4n) is 0.831. The van der Waals surface area contributed by atoms with Crippen LogP contribution in [-0.2, 0) is 10.4 Å². The molecular weight excluding hydrogens is 248 g/mol. The van der Waals surface area contributed by atoms with Crippen LogP contribution in [0.1, 0.15) is 11.1 Å². The van der Waals surface area contributed by atoms with Crippen molar-refractivity contribution in [2.75, 3.05) is 5.43 Å². The van der Waals surface area contributed by atoms with Gasteiger partial charge in [0.05, 0.1) is 22.9 Å². The number of rotatable bonds is 1. The van der Waals surface area contributed by atoms with Crippen LogP contribution in [0.5, 0.6) is 0 Å². The second-order valence-corrected chi connectivity index (χ2v) is 3.47. The van der Waals surface area contributed by atoms with Crippen LogP contribution in [0.2, 0.25) is 0 Å². The van der Waals surface area contributed by atoms with Gasteiger partial charge in [0.15, 0.2) is 0 Å². The van der Waals surface area contributed by atoms with E-state index in [0.717, 1.165) is 0 Å². The Hall–Kier alpha value is -2.17. The predicted molar refractivity (Wildman–Crippen MR) is 57.9 cm³/mol. The van der Waals surface area contributed by atoms with Crippen molar-refractivity contribution in [3.05, 3.63) is 29.3 Å². The van der Waals surface area contributed by atoms with Gasteiger partial charge in [0.1, 0.15) is 6.07 Å². The first-order valence-electron chi connectivity index (χ1n) is 3.92. The lowest BCUT2D eigenvalue weighted by molar-refractivity contribution is 0.381. The van der Waals surface area contributed by atoms with E-state index in [2.05, 4.69) is 5.43 Å². The lowest BCUT2D eigenvalue weighted by Gasteiger charge is -2.01. The number of nitriles is 2. The number of nitrogens with zero attached hydrogens (tertiary/aromatic N) is 2. The topological polar surface area (TPSA) is 160 Å². The number of nitrogens with two attached hydrogens (primary N) is 1. The van der Waals surface area contributed by atoms with Crippen LogP contribution in [0.3, 0.4) is 0 Å². The molecule has 9 heteroatoms. The van der Waals surface area contributed by atoms with Crippen molar-refractivity contribution in [3.63, 3.8) is 0 Å². The van der Waals surface area contributed by atoms with Crippen molar-refractivity contribution in [2.24, 2.45) is 5.84 Å². The average molecular weight is 256 g/mol. The molecule has 5 N–H and O–H groups in total. The van der Waals surface area contributed by atoms with Gasteiger partial charge in [0.2, 0.25) is 0 Å². The zero-order valence-corrected chi connectivity index (χ0v) is 9.14. The number of anilines is 1. The number of hydrogen-bond acceptors (Lipinski definition) is 6. The Morgan fingerprint density at radius 3 is 2.12 bits per heavy atom. The van der Waals surface area contributed by atoms with Gasteiger partial charge in [0, 0.05) is 0 Å². The minimum Gasteiger partial charge on any atom is -0.323 e. The van der Waals surface area contributed by atoms with Gasteiger partial charge in [-0.3, -0.25) is 14.9 Å². The van der Waals surface area contributed by atoms with Gasteiger partial charge >= 0.3 is 10.4 Å². The van der Waals surface area contributed by atoms with Crippen molar-refractivity contribution >= 4 is 16.1 Å². The lowest BCUT2D eigenvalue weighted by atomic mass is 10.1. The quantitative estimate of drug-likeness (QED) is 0.311. The molecule has 0 amide bonds. The molecule has 0 aromatic heterocycles. The minimum atomic E-state index is -4.67. The van der Waals surface area contributed by atoms with Crippen LogP contribution < -0.4 is 11.3 Å². The van der Waals surface area contributed by atoms with Crippen molar-refractivity contribution in [2.45, 2.75) is 0 Å². The maximum absolute atomic E-state index is 8.74. The SMILES string of the molecule is N#Cc1ccc(C#N)c(NN)c1.O=S(=O)(O)O. The van der Waals surface area contributed by atoms with Gasteiger partial charge in [-0.15, -0.1) is 0 Å². The first-order valence-corrected chi connectivity index (χ1v) is 5.32. The molecule has 1 rings (SSSR count). The normalized spacial score (nSPS) is 9.24. The molecular formula is C8H8N4O4S. The van der Waals surface area contributed by atoms with Crippen LogP contribution in [-0.4, -0.2) is 17.5 Å². The van der Waals surface area contributed by atoms with Gasteiger partial charge in [0.25, 0.3) is 0 Å². The minimum absolute atomic E-state index is 0.427. The molecule has 0 saturated heterocycles. The second-order valence-electron chi connectivity index (χ2n) is 2.58. The highest BCUT2D eigenvalue weighted by Gasteiger charge is 2.00. The average Bonchev–Trinajstić information content (AvgIpc) is 2.25. The zero-order valence-electron chi connectivity index (χ0n) is 8.32. The Labute approximate surface area is 97.4 Å². The Morgan fingerprint density at radius 1 is 1.24 bits per heavy atom. The van der Waals surface area contributed by atoms with Gasteiger partial charge in [-0.05, 0) is 18.2 Å². The summed E-state index contributed by atoms with van der Waals surface area (Å²) in [4.78, 5) is 0. The summed E-state index contributed by atoms with van der Waals surface area (Å²) < 4.78 is 31.6. The van der Waals surface area contributed by atoms with E-state index in [9.17, 15) is 0 Å². The molecule has 0 unspecified atom stereocenters. The van der Waals surface area contributed by atoms with Crippen LogP contribution in [0.25, 0.3) is 0 Å². The summed E-state index contributed by atoms with van der Waals surface area (Å²) in [7, 11) is -4.67. The van der Waals surface area contributed by atoms with E-state index >= 15 is 0 Å². The number of hydrogen-bond donors (Lipinski definition) is 4. The number of hydrazine groups is 1. The Balaban J connectivity index is 0.000000437. The summed E-state index contributed by atoms with van der Waals surface area (Å²) in [6.45, 7) is 0. The van der Waals surface area contributed by atoms with E-state index < -0.39 is 10.4 Å². The second kappa shape index (κ2) is 6.42. The van der Waals surface area contributed by atoms with E-state index in [1.165, 1.54) is 6.07 Å². The molecule has 0 bridgehead atoms. The molecule has 1 aromatic carbocycles. The van der Waals surface area contributed by atoms with E-state index in [-0.39, 0.29) is 0 Å². The molecule has 1 aromatic rings. The molecule has 0 heterocycles. The fraction of sp³-hybridized carbons (Fsp3) is 0. The fourth-order valence-corrected chi connectivity index (χ4v) is 0.831. The van der Waals surface area contributed by atoms with Gasteiger partial charge in [-0.2, -0.15) is 18.9 Å². The van der Waals surface area contributed by atoms with Crippen molar-refractivity contribution in [1.29, 1.82) is 10.5 Å². The molecule has 0 aliphatic carbocycles. The molecule has 17 heavy (non-hydrogen) atoms. The first kappa shape index (κ1) is 14.8. The third-order valence-corrected chi connectivity index (χ3v) is 1.42. The summed E-state index contributed by atoms with van der Waals surface area (Å²) in [5, 5.41) is 17.1. The predicted octanol–water partition coefficient (Wildman–Crippen LogP) is 0.0628. The van der Waals surface area contributed by atoms with Gasteiger partial charge in [-0.1, -0.05) is 0 Å². The first-order chi connectivity index (χ1) is 7.81. The van der Waals surface area contributed by atoms with Crippen LogP contribution in [0.15, 0.2) is 18.2 Å². The maximum Gasteiger partial charge on any atom is 0.394 e. The van der Waals surface area contributed by atoms with E-state index in [0.29, 0.717) is 16.8 Å². The highest BCUT2D eigenvalue weighted by atomic mass is 32.3. The summed E-state index contributed by atoms with van der Waals surface area (Å²) in [6, 6.07) is 8.54. The molecule has 0 spiro atoms. The highest BCUT2D eigenvalue weighted by molar-refractivity contribution is 7.79. The largest absolute Gasteiger partial charge is 0.394 e. The molecule has 0 atom stereocenters. The Morgan fingerprint density at radius 2 is 1.76 bits per heavy atom. The third kappa shape index (κ3) is 6.83. The highest BCUT2D eigenvalue weighted by Crippen LogP contribution is 2.14. The molecule has 0 saturated carbocycles. The smallest absolute Gasteiger partial charge is 0.323 e. The van der Waals surface area contributed by atoms with Crippen molar-refractivity contribution in [1.82, 2.24) is 0 Å². The Kier molecular flexibility index (Phi) is 5.60. The van der Waals surface area contributed by atoms with Gasteiger partial charge < -0.3 is 5.43 Å². The standard InChI is InChI=1S/C8H6N4.H2O4S/c9-4-6-1-2-7(5-10)8(3-6)12-11;1-5(2,3)4/h1-3,12H,11H2;(H2,1,2,3,4). The van der Waals surface area contributed by atoms with Gasteiger partial charge in [-0.25, -0.2) is 0 Å². The monoisotopic (exact) mass is 256 g/mol. The third-order valence-electron chi connectivity index (χ3n) is 1.42. The molecule has 0 aliphatic heterocycles. The van der Waals surface area contributed by atoms with E-state index in [1.807, 2.05) is 12.1 Å².